The number of rotatable bonds is 5. The van der Waals surface area contributed by atoms with Crippen LogP contribution in [-0.4, -0.2) is 40.0 Å². The summed E-state index contributed by atoms with van der Waals surface area (Å²) >= 11 is 0. The minimum atomic E-state index is -0.111. The summed E-state index contributed by atoms with van der Waals surface area (Å²) in [6.45, 7) is 4.90. The molecular formula is C17H21N5O. The number of carbonyl (C=O) groups is 1. The van der Waals surface area contributed by atoms with E-state index in [-0.39, 0.29) is 12.5 Å². The number of aromatic nitrogens is 2. The molecule has 2 aromatic heterocycles. The van der Waals surface area contributed by atoms with Crippen LogP contribution < -0.4 is 4.90 Å². The number of carbonyl (C=O) groups excluding carboxylic acids is 1. The molecule has 23 heavy (non-hydrogen) atoms. The van der Waals surface area contributed by atoms with Gasteiger partial charge >= 0.3 is 0 Å². The van der Waals surface area contributed by atoms with Crippen molar-refractivity contribution in [2.75, 3.05) is 18.1 Å². The number of aromatic amines is 1. The highest BCUT2D eigenvalue weighted by Gasteiger charge is 2.34. The fraction of sp³-hybridized carbons (Fsp3) is 0.471. The highest BCUT2D eigenvalue weighted by molar-refractivity contribution is 6.08. The van der Waals surface area contributed by atoms with Crippen molar-refractivity contribution in [1.29, 1.82) is 5.26 Å². The van der Waals surface area contributed by atoms with E-state index in [9.17, 15) is 4.79 Å². The molecule has 0 fully saturated rings. The molecule has 1 unspecified atom stereocenters. The molecule has 6 nitrogen and oxygen atoms in total. The Bertz CT molecular complexity index is 760. The van der Waals surface area contributed by atoms with Gasteiger partial charge in [-0.05, 0) is 18.9 Å². The van der Waals surface area contributed by atoms with Crippen molar-refractivity contribution in [3.05, 3.63) is 24.0 Å². The molecule has 6 heteroatoms. The first-order valence-electron chi connectivity index (χ1n) is 8.10. The van der Waals surface area contributed by atoms with Gasteiger partial charge in [0, 0.05) is 23.8 Å². The Hall–Kier alpha value is -2.55. The molecule has 1 N–H and O–H groups in total. The van der Waals surface area contributed by atoms with Crippen molar-refractivity contribution in [3.63, 3.8) is 0 Å². The van der Waals surface area contributed by atoms with Gasteiger partial charge in [0.05, 0.1) is 24.0 Å². The van der Waals surface area contributed by atoms with Gasteiger partial charge in [-0.1, -0.05) is 20.3 Å². The Morgan fingerprint density at radius 1 is 1.48 bits per heavy atom. The predicted molar refractivity (Wildman–Crippen MR) is 89.1 cm³/mol. The van der Waals surface area contributed by atoms with Crippen molar-refractivity contribution >= 4 is 22.6 Å². The van der Waals surface area contributed by atoms with Crippen LogP contribution in [0.2, 0.25) is 0 Å². The summed E-state index contributed by atoms with van der Waals surface area (Å²) < 4.78 is 0. The molecule has 0 radical (unpaired) electrons. The van der Waals surface area contributed by atoms with E-state index in [1.54, 1.807) is 11.1 Å². The molecule has 3 heterocycles. The third kappa shape index (κ3) is 2.52. The van der Waals surface area contributed by atoms with Crippen molar-refractivity contribution in [1.82, 2.24) is 14.9 Å². The normalized spacial score (nSPS) is 15.6. The van der Waals surface area contributed by atoms with Gasteiger partial charge < -0.3 is 14.8 Å². The monoisotopic (exact) mass is 311 g/mol. The number of anilines is 1. The van der Waals surface area contributed by atoms with Gasteiger partial charge in [0.15, 0.2) is 0 Å². The second kappa shape index (κ2) is 6.29. The number of hydrogen-bond donors (Lipinski definition) is 1. The number of pyridine rings is 1. The maximum atomic E-state index is 12.7. The highest BCUT2D eigenvalue weighted by Crippen LogP contribution is 2.36. The average Bonchev–Trinajstić information content (AvgIpc) is 3.04. The number of nitrogens with zero attached hydrogens (tertiary/aromatic N) is 4. The molecule has 1 aliphatic heterocycles. The molecule has 120 valence electrons. The van der Waals surface area contributed by atoms with Gasteiger partial charge in [-0.3, -0.25) is 4.79 Å². The Kier molecular flexibility index (Phi) is 4.20. The van der Waals surface area contributed by atoms with E-state index in [2.05, 4.69) is 34.8 Å². The third-order valence-corrected chi connectivity index (χ3v) is 4.48. The molecule has 0 saturated heterocycles. The van der Waals surface area contributed by atoms with E-state index >= 15 is 0 Å². The zero-order valence-corrected chi connectivity index (χ0v) is 13.5. The summed E-state index contributed by atoms with van der Waals surface area (Å²) in [7, 11) is 0. The summed E-state index contributed by atoms with van der Waals surface area (Å²) in [6, 6.07) is 4.41. The Morgan fingerprint density at radius 2 is 2.30 bits per heavy atom. The van der Waals surface area contributed by atoms with E-state index in [4.69, 9.17) is 5.26 Å². The van der Waals surface area contributed by atoms with Crippen LogP contribution in [0.15, 0.2) is 18.5 Å². The van der Waals surface area contributed by atoms with Gasteiger partial charge in [0.1, 0.15) is 12.2 Å². The van der Waals surface area contributed by atoms with E-state index in [0.717, 1.165) is 36.0 Å². The summed E-state index contributed by atoms with van der Waals surface area (Å²) in [5, 5.41) is 10.00. The lowest BCUT2D eigenvalue weighted by Crippen LogP contribution is -2.51. The number of nitrogens with one attached hydrogen (secondary N) is 1. The molecule has 1 aliphatic rings. The summed E-state index contributed by atoms with van der Waals surface area (Å²) in [4.78, 5) is 24.0. The fourth-order valence-electron chi connectivity index (χ4n) is 3.37. The van der Waals surface area contributed by atoms with Crippen LogP contribution in [0.3, 0.4) is 0 Å². The van der Waals surface area contributed by atoms with Crippen molar-refractivity contribution in [3.8, 4) is 6.07 Å². The number of nitriles is 1. The van der Waals surface area contributed by atoms with E-state index in [1.165, 1.54) is 0 Å². The van der Waals surface area contributed by atoms with Crippen LogP contribution in [0.1, 0.15) is 43.5 Å². The van der Waals surface area contributed by atoms with Crippen LogP contribution in [0.4, 0.5) is 5.69 Å². The summed E-state index contributed by atoms with van der Waals surface area (Å²) in [5.74, 6) is -0.111. The Labute approximate surface area is 135 Å². The van der Waals surface area contributed by atoms with Crippen LogP contribution in [0, 0.1) is 11.3 Å². The Balaban J connectivity index is 2.15. The van der Waals surface area contributed by atoms with Gasteiger partial charge in [-0.15, -0.1) is 0 Å². The minimum Gasteiger partial charge on any atom is -0.349 e. The maximum Gasteiger partial charge on any atom is 0.259 e. The van der Waals surface area contributed by atoms with Crippen LogP contribution in [-0.2, 0) is 0 Å². The smallest absolute Gasteiger partial charge is 0.259 e. The molecule has 0 aromatic carbocycles. The van der Waals surface area contributed by atoms with Gasteiger partial charge in [-0.2, -0.15) is 5.26 Å². The topological polar surface area (TPSA) is 76.0 Å². The largest absolute Gasteiger partial charge is 0.349 e. The standard InChI is InChI=1S/C17H21N5O/c1-3-5-12(4-2)22-11-21(9-7-18)17(23)14-10-20-16-13(15(14)22)6-8-19-16/h6,8,10,12H,3-5,9,11H2,1-2H3,(H,19,20). The zero-order chi connectivity index (χ0) is 16.4. The molecular weight excluding hydrogens is 290 g/mol. The van der Waals surface area contributed by atoms with Gasteiger partial charge in [0.25, 0.3) is 5.91 Å². The van der Waals surface area contributed by atoms with Gasteiger partial charge in [-0.25, -0.2) is 4.98 Å². The maximum absolute atomic E-state index is 12.7. The molecule has 1 atom stereocenters. The first-order valence-corrected chi connectivity index (χ1v) is 8.10. The highest BCUT2D eigenvalue weighted by atomic mass is 16.2. The first kappa shape index (κ1) is 15.3. The molecule has 3 rings (SSSR count). The first-order chi connectivity index (χ1) is 11.2. The number of H-pyrrole nitrogens is 1. The molecule has 0 saturated carbocycles. The lowest BCUT2D eigenvalue weighted by molar-refractivity contribution is 0.0757. The van der Waals surface area contributed by atoms with Crippen molar-refractivity contribution in [2.45, 2.75) is 39.2 Å². The Morgan fingerprint density at radius 3 is 3.00 bits per heavy atom. The second-order valence-electron chi connectivity index (χ2n) is 5.88. The zero-order valence-electron chi connectivity index (χ0n) is 13.5. The predicted octanol–water partition coefficient (Wildman–Crippen LogP) is 2.88. The third-order valence-electron chi connectivity index (χ3n) is 4.48. The van der Waals surface area contributed by atoms with E-state index in [1.807, 2.05) is 12.3 Å². The fourth-order valence-corrected chi connectivity index (χ4v) is 3.37. The lowest BCUT2D eigenvalue weighted by Gasteiger charge is -2.41. The van der Waals surface area contributed by atoms with Crippen molar-refractivity contribution in [2.24, 2.45) is 0 Å². The minimum absolute atomic E-state index is 0.0997. The molecule has 0 spiro atoms. The van der Waals surface area contributed by atoms with Gasteiger partial charge in [0.2, 0.25) is 0 Å². The lowest BCUT2D eigenvalue weighted by atomic mass is 10.0. The van der Waals surface area contributed by atoms with Crippen LogP contribution >= 0.6 is 0 Å². The average molecular weight is 311 g/mol. The number of fused-ring (bicyclic) bond motifs is 3. The van der Waals surface area contributed by atoms with Crippen molar-refractivity contribution < 1.29 is 4.79 Å². The molecule has 0 bridgehead atoms. The summed E-state index contributed by atoms with van der Waals surface area (Å²) in [6.07, 6.45) is 6.61. The van der Waals surface area contributed by atoms with E-state index in [0.29, 0.717) is 18.3 Å². The summed E-state index contributed by atoms with van der Waals surface area (Å²) in [5.41, 5.74) is 2.34. The molecule has 0 aliphatic carbocycles. The SMILES string of the molecule is CCCC(CC)N1CN(CC#N)C(=O)c2cnc3[nH]ccc3c21. The number of hydrogen-bond acceptors (Lipinski definition) is 4. The van der Waals surface area contributed by atoms with Crippen LogP contribution in [0.5, 0.6) is 0 Å². The van der Waals surface area contributed by atoms with Crippen LogP contribution in [0.25, 0.3) is 11.0 Å². The molecule has 1 amide bonds. The van der Waals surface area contributed by atoms with E-state index < -0.39 is 0 Å². The second-order valence-corrected chi connectivity index (χ2v) is 5.88. The number of amides is 1. The molecule has 2 aromatic rings. The quantitative estimate of drug-likeness (QED) is 0.861.